The van der Waals surface area contributed by atoms with E-state index in [1.807, 2.05) is 4.68 Å². The molecule has 0 atom stereocenters. The van der Waals surface area contributed by atoms with Crippen LogP contribution in [0.4, 0.5) is 4.39 Å². The summed E-state index contributed by atoms with van der Waals surface area (Å²) in [6.07, 6.45) is 3.23. The lowest BCUT2D eigenvalue weighted by atomic mass is 9.93. The van der Waals surface area contributed by atoms with Crippen LogP contribution in [0.5, 0.6) is 0 Å². The number of aryl methyl sites for hydroxylation is 3. The number of furan rings is 1. The summed E-state index contributed by atoms with van der Waals surface area (Å²) in [6.45, 7) is 3.31. The van der Waals surface area contributed by atoms with Crippen LogP contribution < -0.4 is 10.9 Å². The SMILES string of the molecule is CCOC(=O)c1c(CCc2ccc(F)cc2)nc2c(c1-c1ccc(C(=O)NCc3ccco3)cc1)c(=O)n1n2CCC1. The number of carbonyl (C=O) groups excluding carboxylic acids is 2. The van der Waals surface area contributed by atoms with Gasteiger partial charge in [-0.3, -0.25) is 14.3 Å². The monoisotopic (exact) mass is 568 g/mol. The molecule has 3 aromatic heterocycles. The van der Waals surface area contributed by atoms with Crippen molar-refractivity contribution in [2.24, 2.45) is 0 Å². The molecule has 0 unspecified atom stereocenters. The predicted octanol–water partition coefficient (Wildman–Crippen LogP) is 4.89. The van der Waals surface area contributed by atoms with Crippen molar-refractivity contribution >= 4 is 22.9 Å². The predicted molar refractivity (Wildman–Crippen MR) is 154 cm³/mol. The highest BCUT2D eigenvalue weighted by Crippen LogP contribution is 2.34. The molecular weight excluding hydrogens is 539 g/mol. The summed E-state index contributed by atoms with van der Waals surface area (Å²) in [7, 11) is 0. The second-order valence-corrected chi connectivity index (χ2v) is 10.1. The zero-order valence-electron chi connectivity index (χ0n) is 23.1. The van der Waals surface area contributed by atoms with E-state index in [4.69, 9.17) is 14.1 Å². The quantitative estimate of drug-likeness (QED) is 0.254. The molecular formula is C32H29FN4O5. The molecule has 0 bridgehead atoms. The molecule has 10 heteroatoms. The van der Waals surface area contributed by atoms with E-state index in [2.05, 4.69) is 5.32 Å². The number of nitrogens with zero attached hydrogens (tertiary/aromatic N) is 3. The highest BCUT2D eigenvalue weighted by molar-refractivity contribution is 6.07. The van der Waals surface area contributed by atoms with Gasteiger partial charge in [0.05, 0.1) is 36.1 Å². The first-order chi connectivity index (χ1) is 20.4. The Kier molecular flexibility index (Phi) is 7.43. The number of hydrogen-bond acceptors (Lipinski definition) is 6. The Bertz CT molecular complexity index is 1820. The summed E-state index contributed by atoms with van der Waals surface area (Å²) in [6, 6.07) is 16.5. The van der Waals surface area contributed by atoms with Crippen molar-refractivity contribution in [3.8, 4) is 11.1 Å². The number of amides is 1. The van der Waals surface area contributed by atoms with Gasteiger partial charge >= 0.3 is 5.97 Å². The summed E-state index contributed by atoms with van der Waals surface area (Å²) >= 11 is 0. The summed E-state index contributed by atoms with van der Waals surface area (Å²) < 4.78 is 27.8. The molecule has 0 saturated heterocycles. The van der Waals surface area contributed by atoms with Gasteiger partial charge in [0.25, 0.3) is 11.5 Å². The van der Waals surface area contributed by atoms with Gasteiger partial charge < -0.3 is 14.5 Å². The molecule has 0 fully saturated rings. The Morgan fingerprint density at radius 1 is 1.02 bits per heavy atom. The van der Waals surface area contributed by atoms with Gasteiger partial charge in [0, 0.05) is 24.2 Å². The van der Waals surface area contributed by atoms with Crippen molar-refractivity contribution in [2.75, 3.05) is 6.61 Å². The van der Waals surface area contributed by atoms with E-state index >= 15 is 0 Å². The van der Waals surface area contributed by atoms with Crippen LogP contribution in [-0.2, 0) is 37.2 Å². The van der Waals surface area contributed by atoms with E-state index in [1.54, 1.807) is 66.4 Å². The highest BCUT2D eigenvalue weighted by atomic mass is 19.1. The van der Waals surface area contributed by atoms with Gasteiger partial charge in [-0.2, -0.15) is 0 Å². The molecule has 2 aromatic carbocycles. The summed E-state index contributed by atoms with van der Waals surface area (Å²) in [5, 5.41) is 3.17. The van der Waals surface area contributed by atoms with Gasteiger partial charge in [-0.15, -0.1) is 0 Å². The normalized spacial score (nSPS) is 12.4. The van der Waals surface area contributed by atoms with Crippen LogP contribution in [0.15, 0.2) is 76.1 Å². The molecule has 6 rings (SSSR count). The standard InChI is InChI=1S/C32H29FN4O5/c1-2-41-32(40)27-25(15-8-20-6-13-23(33)14-7-20)35-29-28(31(39)37-17-4-16-36(29)37)26(27)21-9-11-22(12-10-21)30(38)34-19-24-5-3-18-42-24/h3,5-7,9-14,18H,2,4,8,15-17,19H2,1H3,(H,34,38). The maximum atomic E-state index is 13.7. The highest BCUT2D eigenvalue weighted by Gasteiger charge is 2.29. The first-order valence-electron chi connectivity index (χ1n) is 13.9. The Morgan fingerprint density at radius 3 is 2.50 bits per heavy atom. The fraction of sp³-hybridized carbons (Fsp3) is 0.250. The van der Waals surface area contributed by atoms with E-state index in [0.29, 0.717) is 65.1 Å². The van der Waals surface area contributed by atoms with E-state index in [1.165, 1.54) is 12.1 Å². The van der Waals surface area contributed by atoms with E-state index in [9.17, 15) is 18.8 Å². The molecule has 9 nitrogen and oxygen atoms in total. The number of carbonyl (C=O) groups is 2. The molecule has 1 aliphatic rings. The molecule has 1 N–H and O–H groups in total. The third kappa shape index (κ3) is 5.11. The Morgan fingerprint density at radius 2 is 1.79 bits per heavy atom. The Labute approximate surface area is 240 Å². The number of pyridine rings is 1. The number of ether oxygens (including phenoxy) is 1. The van der Waals surface area contributed by atoms with Gasteiger partial charge in [0.1, 0.15) is 11.6 Å². The lowest BCUT2D eigenvalue weighted by Gasteiger charge is -2.16. The van der Waals surface area contributed by atoms with Crippen molar-refractivity contribution in [1.29, 1.82) is 0 Å². The van der Waals surface area contributed by atoms with Crippen LogP contribution in [0.3, 0.4) is 0 Å². The largest absolute Gasteiger partial charge is 0.467 e. The second kappa shape index (κ2) is 11.5. The van der Waals surface area contributed by atoms with Crippen LogP contribution >= 0.6 is 0 Å². The number of hydrogen-bond donors (Lipinski definition) is 1. The summed E-state index contributed by atoms with van der Waals surface area (Å²) in [4.78, 5) is 44.9. The molecule has 0 radical (unpaired) electrons. The van der Waals surface area contributed by atoms with E-state index in [-0.39, 0.29) is 36.0 Å². The van der Waals surface area contributed by atoms with Crippen molar-refractivity contribution in [3.05, 3.63) is 111 Å². The van der Waals surface area contributed by atoms with Crippen LogP contribution in [0.25, 0.3) is 22.2 Å². The molecule has 4 heterocycles. The molecule has 5 aromatic rings. The van der Waals surface area contributed by atoms with Crippen molar-refractivity contribution in [3.63, 3.8) is 0 Å². The zero-order valence-corrected chi connectivity index (χ0v) is 23.1. The fourth-order valence-corrected chi connectivity index (χ4v) is 5.46. The smallest absolute Gasteiger partial charge is 0.340 e. The van der Waals surface area contributed by atoms with Crippen molar-refractivity contribution < 1.29 is 23.1 Å². The van der Waals surface area contributed by atoms with Gasteiger partial charge in [0.15, 0.2) is 5.65 Å². The molecule has 1 aliphatic heterocycles. The van der Waals surface area contributed by atoms with E-state index in [0.717, 1.165) is 12.0 Å². The van der Waals surface area contributed by atoms with Gasteiger partial charge in [-0.25, -0.2) is 18.9 Å². The number of esters is 1. The lowest BCUT2D eigenvalue weighted by molar-refractivity contribution is 0.0525. The summed E-state index contributed by atoms with van der Waals surface area (Å²) in [5.74, 6) is -0.554. The maximum Gasteiger partial charge on any atom is 0.340 e. The Balaban J connectivity index is 1.45. The number of benzene rings is 2. The molecule has 1 amide bonds. The molecule has 214 valence electrons. The minimum Gasteiger partial charge on any atom is -0.467 e. The molecule has 0 saturated carbocycles. The van der Waals surface area contributed by atoms with Gasteiger partial charge in [-0.1, -0.05) is 24.3 Å². The number of aromatic nitrogens is 3. The number of halogens is 1. The molecule has 0 aliphatic carbocycles. The number of fused-ring (bicyclic) bond motifs is 3. The fourth-order valence-electron chi connectivity index (χ4n) is 5.46. The Hall–Kier alpha value is -4.99. The topological polar surface area (TPSA) is 108 Å². The van der Waals surface area contributed by atoms with E-state index < -0.39 is 5.97 Å². The molecule has 0 spiro atoms. The van der Waals surface area contributed by atoms with Gasteiger partial charge in [0.2, 0.25) is 0 Å². The van der Waals surface area contributed by atoms with Crippen LogP contribution in [0.2, 0.25) is 0 Å². The van der Waals surface area contributed by atoms with Crippen molar-refractivity contribution in [1.82, 2.24) is 19.7 Å². The first kappa shape index (κ1) is 27.2. The third-order valence-corrected chi connectivity index (χ3v) is 7.46. The average molecular weight is 569 g/mol. The summed E-state index contributed by atoms with van der Waals surface area (Å²) in [5.41, 5.74) is 3.35. The first-order valence-corrected chi connectivity index (χ1v) is 13.9. The van der Waals surface area contributed by atoms with Gasteiger partial charge in [-0.05, 0) is 73.7 Å². The zero-order chi connectivity index (χ0) is 29.2. The third-order valence-electron chi connectivity index (χ3n) is 7.46. The second-order valence-electron chi connectivity index (χ2n) is 10.1. The minimum absolute atomic E-state index is 0.147. The average Bonchev–Trinajstić information content (AvgIpc) is 3.76. The van der Waals surface area contributed by atoms with Crippen LogP contribution in [0, 0.1) is 5.82 Å². The number of rotatable bonds is 9. The number of nitrogens with one attached hydrogen (secondary N) is 1. The maximum absolute atomic E-state index is 13.7. The van der Waals surface area contributed by atoms with Crippen LogP contribution in [-0.4, -0.2) is 32.8 Å². The van der Waals surface area contributed by atoms with Crippen LogP contribution in [0.1, 0.15) is 51.1 Å². The molecule has 42 heavy (non-hydrogen) atoms. The minimum atomic E-state index is -0.577. The lowest BCUT2D eigenvalue weighted by Crippen LogP contribution is -2.22. The van der Waals surface area contributed by atoms with Crippen molar-refractivity contribution in [2.45, 2.75) is 45.8 Å².